The Bertz CT molecular complexity index is 416. The van der Waals surface area contributed by atoms with E-state index in [1.807, 2.05) is 0 Å². The second-order valence-electron chi connectivity index (χ2n) is 2.23. The number of benzene rings is 1. The molecule has 0 aliphatic carbocycles. The number of hydrogen-bond acceptors (Lipinski definition) is 3. The number of hydrogen-bond donors (Lipinski definition) is 0. The Kier molecular flexibility index (Phi) is 3.21. The number of halogens is 2. The SMILES string of the molecule is COc1ccc(Br)c(S(=O)(=O)Cl)c1. The summed E-state index contributed by atoms with van der Waals surface area (Å²) in [5.74, 6) is 0.447. The van der Waals surface area contributed by atoms with Crippen molar-refractivity contribution in [1.82, 2.24) is 0 Å². The minimum Gasteiger partial charge on any atom is -0.497 e. The van der Waals surface area contributed by atoms with Crippen molar-refractivity contribution in [3.8, 4) is 5.75 Å². The zero-order chi connectivity index (χ0) is 10.1. The van der Waals surface area contributed by atoms with Gasteiger partial charge in [0.15, 0.2) is 0 Å². The van der Waals surface area contributed by atoms with Gasteiger partial charge in [-0.3, -0.25) is 0 Å². The van der Waals surface area contributed by atoms with Crippen LogP contribution in [0.2, 0.25) is 0 Å². The summed E-state index contributed by atoms with van der Waals surface area (Å²) in [7, 11) is 2.91. The van der Waals surface area contributed by atoms with Gasteiger partial charge in [-0.15, -0.1) is 0 Å². The van der Waals surface area contributed by atoms with E-state index < -0.39 is 9.05 Å². The van der Waals surface area contributed by atoms with Crippen molar-refractivity contribution in [2.45, 2.75) is 4.90 Å². The summed E-state index contributed by atoms with van der Waals surface area (Å²) in [6.07, 6.45) is 0. The van der Waals surface area contributed by atoms with Crippen molar-refractivity contribution in [2.75, 3.05) is 7.11 Å². The summed E-state index contributed by atoms with van der Waals surface area (Å²) in [5, 5.41) is 0. The van der Waals surface area contributed by atoms with E-state index in [1.54, 1.807) is 12.1 Å². The summed E-state index contributed by atoms with van der Waals surface area (Å²) in [5.41, 5.74) is 0. The van der Waals surface area contributed by atoms with Gasteiger partial charge in [0.1, 0.15) is 10.6 Å². The highest BCUT2D eigenvalue weighted by atomic mass is 79.9. The fraction of sp³-hybridized carbons (Fsp3) is 0.143. The Morgan fingerprint density at radius 2 is 2.08 bits per heavy atom. The smallest absolute Gasteiger partial charge is 0.262 e. The van der Waals surface area contributed by atoms with E-state index in [9.17, 15) is 8.42 Å². The van der Waals surface area contributed by atoms with E-state index in [1.165, 1.54) is 13.2 Å². The third kappa shape index (κ3) is 2.59. The summed E-state index contributed by atoms with van der Waals surface area (Å²) in [4.78, 5) is 0.00789. The molecule has 72 valence electrons. The van der Waals surface area contributed by atoms with Crippen molar-refractivity contribution >= 4 is 35.7 Å². The van der Waals surface area contributed by atoms with Crippen molar-refractivity contribution in [3.63, 3.8) is 0 Å². The maximum absolute atomic E-state index is 11.0. The molecule has 6 heteroatoms. The second kappa shape index (κ2) is 3.86. The van der Waals surface area contributed by atoms with E-state index in [0.29, 0.717) is 10.2 Å². The first-order chi connectivity index (χ1) is 5.95. The molecule has 0 heterocycles. The van der Waals surface area contributed by atoms with E-state index in [4.69, 9.17) is 15.4 Å². The maximum Gasteiger partial charge on any atom is 0.262 e. The van der Waals surface area contributed by atoms with Crippen LogP contribution in [0.25, 0.3) is 0 Å². The fourth-order valence-corrected chi connectivity index (χ4v) is 2.90. The third-order valence-electron chi connectivity index (χ3n) is 1.40. The lowest BCUT2D eigenvalue weighted by molar-refractivity contribution is 0.413. The van der Waals surface area contributed by atoms with E-state index in [-0.39, 0.29) is 4.90 Å². The van der Waals surface area contributed by atoms with E-state index in [2.05, 4.69) is 15.9 Å². The van der Waals surface area contributed by atoms with E-state index >= 15 is 0 Å². The lowest BCUT2D eigenvalue weighted by Gasteiger charge is -2.03. The normalized spacial score (nSPS) is 11.3. The first-order valence-corrected chi connectivity index (χ1v) is 6.33. The van der Waals surface area contributed by atoms with Crippen molar-refractivity contribution in [1.29, 1.82) is 0 Å². The third-order valence-corrected chi connectivity index (χ3v) is 3.72. The van der Waals surface area contributed by atoms with Gasteiger partial charge in [0, 0.05) is 21.2 Å². The van der Waals surface area contributed by atoms with Crippen LogP contribution in [0.3, 0.4) is 0 Å². The van der Waals surface area contributed by atoms with Crippen LogP contribution >= 0.6 is 26.6 Å². The Morgan fingerprint density at radius 1 is 1.46 bits per heavy atom. The molecule has 0 radical (unpaired) electrons. The van der Waals surface area contributed by atoms with Gasteiger partial charge >= 0.3 is 0 Å². The largest absolute Gasteiger partial charge is 0.497 e. The lowest BCUT2D eigenvalue weighted by Crippen LogP contribution is -1.93. The first kappa shape index (κ1) is 10.8. The zero-order valence-corrected chi connectivity index (χ0v) is 9.78. The Hall–Kier alpha value is -0.260. The maximum atomic E-state index is 11.0. The zero-order valence-electron chi connectivity index (χ0n) is 6.62. The molecule has 1 rings (SSSR count). The molecule has 1 aromatic rings. The molecule has 0 saturated carbocycles. The van der Waals surface area contributed by atoms with Crippen LogP contribution in [0, 0.1) is 0 Å². The van der Waals surface area contributed by atoms with Crippen LogP contribution in [-0.4, -0.2) is 15.5 Å². The summed E-state index contributed by atoms with van der Waals surface area (Å²) in [6, 6.07) is 4.55. The molecule has 3 nitrogen and oxygen atoms in total. The first-order valence-electron chi connectivity index (χ1n) is 3.23. The van der Waals surface area contributed by atoms with Gasteiger partial charge in [-0.25, -0.2) is 8.42 Å². The quantitative estimate of drug-likeness (QED) is 0.784. The molecule has 0 aliphatic heterocycles. The average molecular weight is 286 g/mol. The lowest BCUT2D eigenvalue weighted by atomic mass is 10.3. The molecule has 0 atom stereocenters. The van der Waals surface area contributed by atoms with Crippen LogP contribution in [0.15, 0.2) is 27.6 Å². The van der Waals surface area contributed by atoms with Gasteiger partial charge in [0.25, 0.3) is 9.05 Å². The van der Waals surface area contributed by atoms with Gasteiger partial charge in [-0.2, -0.15) is 0 Å². The Balaban J connectivity index is 3.36. The second-order valence-corrected chi connectivity index (χ2v) is 5.62. The molecular weight excluding hydrogens is 279 g/mol. The van der Waals surface area contributed by atoms with Gasteiger partial charge in [0.2, 0.25) is 0 Å². The highest BCUT2D eigenvalue weighted by molar-refractivity contribution is 9.10. The number of ether oxygens (including phenoxy) is 1. The van der Waals surface area contributed by atoms with Crippen LogP contribution in [-0.2, 0) is 9.05 Å². The summed E-state index contributed by atoms with van der Waals surface area (Å²) in [6.45, 7) is 0. The molecule has 13 heavy (non-hydrogen) atoms. The minimum atomic E-state index is -3.72. The predicted octanol–water partition coefficient (Wildman–Crippen LogP) is 2.39. The molecule has 0 N–H and O–H groups in total. The molecule has 0 fully saturated rings. The van der Waals surface area contributed by atoms with Crippen molar-refractivity contribution in [2.24, 2.45) is 0 Å². The highest BCUT2D eigenvalue weighted by Crippen LogP contribution is 2.28. The Morgan fingerprint density at radius 3 is 2.54 bits per heavy atom. The summed E-state index contributed by atoms with van der Waals surface area (Å²) >= 11 is 3.08. The average Bonchev–Trinajstić information content (AvgIpc) is 2.03. The predicted molar refractivity (Wildman–Crippen MR) is 53.7 cm³/mol. The fourth-order valence-electron chi connectivity index (χ4n) is 0.798. The molecule has 0 bridgehead atoms. The molecule has 0 aromatic heterocycles. The molecule has 0 saturated heterocycles. The number of methoxy groups -OCH3 is 1. The monoisotopic (exact) mass is 284 g/mol. The molecule has 1 aromatic carbocycles. The van der Waals surface area contributed by atoms with Crippen molar-refractivity contribution < 1.29 is 13.2 Å². The molecule has 0 amide bonds. The van der Waals surface area contributed by atoms with Crippen molar-refractivity contribution in [3.05, 3.63) is 22.7 Å². The Labute approximate surface area is 89.2 Å². The van der Waals surface area contributed by atoms with Crippen LogP contribution < -0.4 is 4.74 Å². The molecule has 0 unspecified atom stereocenters. The number of rotatable bonds is 2. The van der Waals surface area contributed by atoms with Crippen LogP contribution in [0.1, 0.15) is 0 Å². The minimum absolute atomic E-state index is 0.00789. The van der Waals surface area contributed by atoms with Crippen LogP contribution in [0.5, 0.6) is 5.75 Å². The van der Waals surface area contributed by atoms with Gasteiger partial charge in [0.05, 0.1) is 7.11 Å². The highest BCUT2D eigenvalue weighted by Gasteiger charge is 2.14. The van der Waals surface area contributed by atoms with Gasteiger partial charge in [-0.1, -0.05) is 0 Å². The van der Waals surface area contributed by atoms with Crippen LogP contribution in [0.4, 0.5) is 0 Å². The molecule has 0 aliphatic rings. The topological polar surface area (TPSA) is 43.4 Å². The van der Waals surface area contributed by atoms with Gasteiger partial charge in [-0.05, 0) is 28.1 Å². The summed E-state index contributed by atoms with van der Waals surface area (Å²) < 4.78 is 27.3. The standard InChI is InChI=1S/C7H6BrClO3S/c1-12-5-2-3-6(8)7(4-5)13(9,10)11/h2-4H,1H3. The van der Waals surface area contributed by atoms with Gasteiger partial charge < -0.3 is 4.74 Å². The molecule has 0 spiro atoms. The van der Waals surface area contributed by atoms with E-state index in [0.717, 1.165) is 0 Å². The molecular formula is C7H6BrClO3S.